The molecule has 0 unspecified atom stereocenters. The van der Waals surface area contributed by atoms with Crippen LogP contribution in [-0.4, -0.2) is 30.5 Å². The second-order valence-electron chi connectivity index (χ2n) is 8.00. The number of benzene rings is 2. The zero-order valence-electron chi connectivity index (χ0n) is 18.0. The lowest BCUT2D eigenvalue weighted by Gasteiger charge is -2.17. The fourth-order valence-electron chi connectivity index (χ4n) is 3.68. The predicted molar refractivity (Wildman–Crippen MR) is 121 cm³/mol. The number of fused-ring (bicyclic) bond motifs is 1. The highest BCUT2D eigenvalue weighted by Gasteiger charge is 2.09. The summed E-state index contributed by atoms with van der Waals surface area (Å²) in [5, 5.41) is 11.0. The Bertz CT molecular complexity index is 800. The molecule has 2 aromatic rings. The van der Waals surface area contributed by atoms with E-state index < -0.39 is 5.97 Å². The number of hydrogen-bond donors (Lipinski definition) is 1. The van der Waals surface area contributed by atoms with Crippen molar-refractivity contribution >= 4 is 28.2 Å². The molecule has 0 bridgehead atoms. The monoisotopic (exact) mass is 397 g/mol. The molecule has 0 amide bonds. The standard InChI is InChI=1S/C25H35NO3/c1-3-4-5-6-7-8-9-10-11-12-24(27)22-14-13-21-18-23(16-15-20(21)17-22)26(2)19-25(28)29/h13-18H,3-12,19H2,1-2H3,(H,28,29). The summed E-state index contributed by atoms with van der Waals surface area (Å²) in [6.07, 6.45) is 11.9. The Balaban J connectivity index is 1.80. The Morgan fingerprint density at radius 2 is 1.41 bits per heavy atom. The second kappa shape index (κ2) is 12.3. The number of likely N-dealkylation sites (N-methyl/N-ethyl adjacent to an activating group) is 1. The van der Waals surface area contributed by atoms with Gasteiger partial charge in [0.15, 0.2) is 5.78 Å². The first kappa shape index (κ1) is 22.9. The number of nitrogens with zero attached hydrogens (tertiary/aromatic N) is 1. The average Bonchev–Trinajstić information content (AvgIpc) is 2.71. The Kier molecular flexibility index (Phi) is 9.69. The molecule has 2 aromatic carbocycles. The normalized spacial score (nSPS) is 11.0. The lowest BCUT2D eigenvalue weighted by Crippen LogP contribution is -2.24. The van der Waals surface area contributed by atoms with Gasteiger partial charge in [-0.25, -0.2) is 0 Å². The van der Waals surface area contributed by atoms with Crippen molar-refractivity contribution < 1.29 is 14.7 Å². The summed E-state index contributed by atoms with van der Waals surface area (Å²) in [5.74, 6) is -0.646. The number of rotatable bonds is 14. The molecule has 1 N–H and O–H groups in total. The van der Waals surface area contributed by atoms with Crippen LogP contribution in [0.2, 0.25) is 0 Å². The number of carboxylic acid groups (broad SMARTS) is 1. The van der Waals surface area contributed by atoms with Crippen molar-refractivity contribution in [1.29, 1.82) is 0 Å². The maximum absolute atomic E-state index is 12.5. The Morgan fingerprint density at radius 3 is 2.07 bits per heavy atom. The number of carboxylic acids is 1. The van der Waals surface area contributed by atoms with Crippen LogP contribution in [0.3, 0.4) is 0 Å². The molecule has 0 aliphatic rings. The van der Waals surface area contributed by atoms with Gasteiger partial charge in [-0.15, -0.1) is 0 Å². The van der Waals surface area contributed by atoms with Crippen molar-refractivity contribution in [1.82, 2.24) is 0 Å². The first-order chi connectivity index (χ1) is 14.0. The van der Waals surface area contributed by atoms with Gasteiger partial charge in [0.1, 0.15) is 6.54 Å². The number of carbonyl (C=O) groups excluding carboxylic acids is 1. The molecule has 0 aliphatic carbocycles. The molecule has 0 heterocycles. The summed E-state index contributed by atoms with van der Waals surface area (Å²) in [6, 6.07) is 11.6. The minimum Gasteiger partial charge on any atom is -0.480 e. The maximum atomic E-state index is 12.5. The molecule has 4 heteroatoms. The van der Waals surface area contributed by atoms with Crippen molar-refractivity contribution in [2.75, 3.05) is 18.5 Å². The van der Waals surface area contributed by atoms with Gasteiger partial charge in [-0.3, -0.25) is 9.59 Å². The van der Waals surface area contributed by atoms with Gasteiger partial charge in [0.25, 0.3) is 0 Å². The summed E-state index contributed by atoms with van der Waals surface area (Å²) in [7, 11) is 1.76. The number of carbonyl (C=O) groups is 2. The van der Waals surface area contributed by atoms with Crippen LogP contribution in [-0.2, 0) is 4.79 Å². The minimum absolute atomic E-state index is 0.0409. The molecule has 0 saturated carbocycles. The lowest BCUT2D eigenvalue weighted by atomic mass is 10.00. The summed E-state index contributed by atoms with van der Waals surface area (Å²) in [5.41, 5.74) is 1.62. The van der Waals surface area contributed by atoms with E-state index in [0.717, 1.165) is 34.9 Å². The smallest absolute Gasteiger partial charge is 0.323 e. The van der Waals surface area contributed by atoms with Crippen LogP contribution in [0.25, 0.3) is 10.8 Å². The molecule has 0 aliphatic heterocycles. The second-order valence-corrected chi connectivity index (χ2v) is 8.00. The third kappa shape index (κ3) is 7.88. The Morgan fingerprint density at radius 1 is 0.828 bits per heavy atom. The van der Waals surface area contributed by atoms with E-state index in [0.29, 0.717) is 6.42 Å². The average molecular weight is 398 g/mol. The summed E-state index contributed by atoms with van der Waals surface area (Å²) in [4.78, 5) is 25.1. The minimum atomic E-state index is -0.856. The molecule has 0 saturated heterocycles. The predicted octanol–water partition coefficient (Wildman–Crippen LogP) is 6.46. The number of anilines is 1. The van der Waals surface area contributed by atoms with Crippen LogP contribution in [0, 0.1) is 0 Å². The third-order valence-corrected chi connectivity index (χ3v) is 5.47. The fraction of sp³-hybridized carbons (Fsp3) is 0.520. The van der Waals surface area contributed by atoms with Gasteiger partial charge in [0.05, 0.1) is 0 Å². The molecule has 0 radical (unpaired) electrons. The molecule has 0 aromatic heterocycles. The molecular formula is C25H35NO3. The lowest BCUT2D eigenvalue weighted by molar-refractivity contribution is -0.135. The van der Waals surface area contributed by atoms with Gasteiger partial charge in [-0.2, -0.15) is 0 Å². The fourth-order valence-corrected chi connectivity index (χ4v) is 3.68. The van der Waals surface area contributed by atoms with Crippen molar-refractivity contribution in [2.24, 2.45) is 0 Å². The highest BCUT2D eigenvalue weighted by molar-refractivity contribution is 6.00. The Labute approximate surface area is 174 Å². The molecule has 4 nitrogen and oxygen atoms in total. The van der Waals surface area contributed by atoms with Crippen LogP contribution < -0.4 is 4.90 Å². The van der Waals surface area contributed by atoms with E-state index in [1.54, 1.807) is 11.9 Å². The molecule has 0 fully saturated rings. The number of hydrogen-bond acceptors (Lipinski definition) is 3. The van der Waals surface area contributed by atoms with Crippen LogP contribution >= 0.6 is 0 Å². The first-order valence-corrected chi connectivity index (χ1v) is 11.0. The summed E-state index contributed by atoms with van der Waals surface area (Å²) < 4.78 is 0. The molecule has 0 atom stereocenters. The van der Waals surface area contributed by atoms with Crippen molar-refractivity contribution in [3.8, 4) is 0 Å². The van der Waals surface area contributed by atoms with Crippen LogP contribution in [0.5, 0.6) is 0 Å². The topological polar surface area (TPSA) is 57.6 Å². The van der Waals surface area contributed by atoms with E-state index in [-0.39, 0.29) is 12.3 Å². The van der Waals surface area contributed by atoms with Gasteiger partial charge < -0.3 is 10.0 Å². The number of aliphatic carboxylic acids is 1. The van der Waals surface area contributed by atoms with E-state index in [1.807, 2.05) is 36.4 Å². The molecular weight excluding hydrogens is 362 g/mol. The van der Waals surface area contributed by atoms with E-state index >= 15 is 0 Å². The zero-order valence-corrected chi connectivity index (χ0v) is 18.0. The quantitative estimate of drug-likeness (QED) is 0.293. The van der Waals surface area contributed by atoms with Crippen molar-refractivity contribution in [3.63, 3.8) is 0 Å². The Hall–Kier alpha value is -2.36. The van der Waals surface area contributed by atoms with Crippen molar-refractivity contribution in [2.45, 2.75) is 71.1 Å². The highest BCUT2D eigenvalue weighted by Crippen LogP contribution is 2.23. The SMILES string of the molecule is CCCCCCCCCCCC(=O)c1ccc2cc(N(C)CC(=O)O)ccc2c1. The van der Waals surface area contributed by atoms with E-state index in [1.165, 1.54) is 44.9 Å². The van der Waals surface area contributed by atoms with Gasteiger partial charge in [0, 0.05) is 24.7 Å². The molecule has 158 valence electrons. The van der Waals surface area contributed by atoms with Crippen LogP contribution in [0.4, 0.5) is 5.69 Å². The number of unbranched alkanes of at least 4 members (excludes halogenated alkanes) is 8. The van der Waals surface area contributed by atoms with Gasteiger partial charge in [0.2, 0.25) is 0 Å². The van der Waals surface area contributed by atoms with Crippen LogP contribution in [0.15, 0.2) is 36.4 Å². The van der Waals surface area contributed by atoms with Gasteiger partial charge >= 0.3 is 5.97 Å². The molecule has 29 heavy (non-hydrogen) atoms. The summed E-state index contributed by atoms with van der Waals surface area (Å²) in [6.45, 7) is 2.20. The van der Waals surface area contributed by atoms with E-state index in [4.69, 9.17) is 5.11 Å². The van der Waals surface area contributed by atoms with E-state index in [2.05, 4.69) is 6.92 Å². The van der Waals surface area contributed by atoms with E-state index in [9.17, 15) is 9.59 Å². The highest BCUT2D eigenvalue weighted by atomic mass is 16.4. The maximum Gasteiger partial charge on any atom is 0.323 e. The first-order valence-electron chi connectivity index (χ1n) is 11.0. The van der Waals surface area contributed by atoms with Gasteiger partial charge in [-0.1, -0.05) is 76.5 Å². The summed E-state index contributed by atoms with van der Waals surface area (Å²) >= 11 is 0. The molecule has 0 spiro atoms. The number of ketones is 1. The third-order valence-electron chi connectivity index (χ3n) is 5.47. The molecule has 2 rings (SSSR count). The largest absolute Gasteiger partial charge is 0.480 e. The van der Waals surface area contributed by atoms with Crippen molar-refractivity contribution in [3.05, 3.63) is 42.0 Å². The van der Waals surface area contributed by atoms with Gasteiger partial charge in [-0.05, 0) is 35.4 Å². The zero-order chi connectivity index (χ0) is 21.1. The van der Waals surface area contributed by atoms with Crippen LogP contribution in [0.1, 0.15) is 81.5 Å². The number of Topliss-reactive ketones (excluding diaryl/α,β-unsaturated/α-hetero) is 1.